The van der Waals surface area contributed by atoms with Crippen molar-refractivity contribution in [3.63, 3.8) is 0 Å². The van der Waals surface area contributed by atoms with Crippen LogP contribution in [0.4, 0.5) is 0 Å². The number of aromatic amines is 1. The van der Waals surface area contributed by atoms with Gasteiger partial charge in [0.2, 0.25) is 0 Å². The second kappa shape index (κ2) is 4.08. The number of nitrogens with zero attached hydrogens (tertiary/aromatic N) is 1. The van der Waals surface area contributed by atoms with Crippen LogP contribution >= 0.6 is 0 Å². The third kappa shape index (κ3) is 2.51. The van der Waals surface area contributed by atoms with Gasteiger partial charge in [-0.3, -0.25) is 5.10 Å². The lowest BCUT2D eigenvalue weighted by atomic mass is 10.2. The first-order chi connectivity index (χ1) is 7.87. The van der Waals surface area contributed by atoms with Crippen LogP contribution in [0.2, 0.25) is 0 Å². The monoisotopic (exact) mass is 258 g/mol. The Kier molecular flexibility index (Phi) is 3.01. The first kappa shape index (κ1) is 12.5. The summed E-state index contributed by atoms with van der Waals surface area (Å²) in [7, 11) is -1.72. The summed E-state index contributed by atoms with van der Waals surface area (Å²) in [5, 5.41) is 9.41. The molecule has 6 nitrogen and oxygen atoms in total. The van der Waals surface area contributed by atoms with Crippen LogP contribution in [0.3, 0.4) is 0 Å². The first-order valence-corrected chi connectivity index (χ1v) is 7.04. The minimum absolute atomic E-state index is 0.0261. The standard InChI is InChI=1S/C10H18N4O2S/c1-10(2)4-8(10)14-17(15,16)9-7(5-11-3)6-12-13-9/h6,8,11,14H,4-5H2,1-3H3,(H,12,13). The molecule has 96 valence electrons. The molecule has 1 fully saturated rings. The van der Waals surface area contributed by atoms with E-state index in [0.717, 1.165) is 6.42 Å². The predicted octanol–water partition coefficient (Wildman–Crippen LogP) is 0.206. The molecule has 3 N–H and O–H groups in total. The molecular weight excluding hydrogens is 240 g/mol. The highest BCUT2D eigenvalue weighted by atomic mass is 32.2. The van der Waals surface area contributed by atoms with Crippen molar-refractivity contribution >= 4 is 10.0 Å². The van der Waals surface area contributed by atoms with Crippen LogP contribution in [0.5, 0.6) is 0 Å². The molecule has 7 heteroatoms. The number of aromatic nitrogens is 2. The molecular formula is C10H18N4O2S. The quantitative estimate of drug-likeness (QED) is 0.704. The van der Waals surface area contributed by atoms with E-state index in [1.54, 1.807) is 7.05 Å². The van der Waals surface area contributed by atoms with Gasteiger partial charge in [-0.1, -0.05) is 13.8 Å². The number of sulfonamides is 1. The van der Waals surface area contributed by atoms with Crippen LogP contribution in [0, 0.1) is 5.41 Å². The van der Waals surface area contributed by atoms with Crippen LogP contribution in [0.15, 0.2) is 11.2 Å². The van der Waals surface area contributed by atoms with E-state index in [1.165, 1.54) is 6.20 Å². The Morgan fingerprint density at radius 2 is 2.24 bits per heavy atom. The summed E-state index contributed by atoms with van der Waals surface area (Å²) in [5.41, 5.74) is 0.717. The molecule has 1 aliphatic carbocycles. The van der Waals surface area contributed by atoms with Crippen LogP contribution in [0.25, 0.3) is 0 Å². The highest BCUT2D eigenvalue weighted by Crippen LogP contribution is 2.45. The van der Waals surface area contributed by atoms with Crippen LogP contribution in [-0.4, -0.2) is 31.7 Å². The van der Waals surface area contributed by atoms with Gasteiger partial charge in [0, 0.05) is 18.2 Å². The molecule has 0 saturated heterocycles. The van der Waals surface area contributed by atoms with Gasteiger partial charge in [0.1, 0.15) is 0 Å². The lowest BCUT2D eigenvalue weighted by Gasteiger charge is -2.08. The zero-order valence-corrected chi connectivity index (χ0v) is 11.1. The number of H-pyrrole nitrogens is 1. The highest BCUT2D eigenvalue weighted by Gasteiger charge is 2.48. The summed E-state index contributed by atoms with van der Waals surface area (Å²) < 4.78 is 26.9. The Morgan fingerprint density at radius 1 is 1.59 bits per heavy atom. The molecule has 1 atom stereocenters. The predicted molar refractivity (Wildman–Crippen MR) is 63.9 cm³/mol. The van der Waals surface area contributed by atoms with Gasteiger partial charge in [-0.15, -0.1) is 0 Å². The van der Waals surface area contributed by atoms with Crippen molar-refractivity contribution in [1.29, 1.82) is 0 Å². The van der Waals surface area contributed by atoms with Crippen LogP contribution < -0.4 is 10.0 Å². The summed E-state index contributed by atoms with van der Waals surface area (Å²) in [5.74, 6) is 0. The van der Waals surface area contributed by atoms with E-state index in [4.69, 9.17) is 0 Å². The van der Waals surface area contributed by atoms with Crippen molar-refractivity contribution in [3.05, 3.63) is 11.8 Å². The van der Waals surface area contributed by atoms with E-state index >= 15 is 0 Å². The Labute approximate surface area is 101 Å². The second-order valence-corrected chi connectivity index (χ2v) is 6.77. The van der Waals surface area contributed by atoms with E-state index in [1.807, 2.05) is 13.8 Å². The molecule has 1 aromatic rings. The average Bonchev–Trinajstić information content (AvgIpc) is 2.65. The van der Waals surface area contributed by atoms with Gasteiger partial charge in [-0.25, -0.2) is 13.1 Å². The third-order valence-electron chi connectivity index (χ3n) is 3.12. The molecule has 1 aromatic heterocycles. The molecule has 2 rings (SSSR count). The fraction of sp³-hybridized carbons (Fsp3) is 0.700. The number of hydrogen-bond donors (Lipinski definition) is 3. The SMILES string of the molecule is CNCc1cn[nH]c1S(=O)(=O)NC1CC1(C)C. The number of hydrogen-bond acceptors (Lipinski definition) is 4. The number of nitrogens with one attached hydrogen (secondary N) is 3. The molecule has 1 heterocycles. The Hall–Kier alpha value is -0.920. The third-order valence-corrected chi connectivity index (χ3v) is 4.61. The molecule has 0 spiro atoms. The largest absolute Gasteiger partial charge is 0.316 e. The Bertz CT molecular complexity index is 506. The average molecular weight is 258 g/mol. The maximum absolute atomic E-state index is 12.1. The van der Waals surface area contributed by atoms with E-state index in [-0.39, 0.29) is 16.5 Å². The Morgan fingerprint density at radius 3 is 2.76 bits per heavy atom. The molecule has 1 saturated carbocycles. The molecule has 1 unspecified atom stereocenters. The summed E-state index contributed by atoms with van der Waals surface area (Å²) in [4.78, 5) is 0. The maximum Gasteiger partial charge on any atom is 0.258 e. The van der Waals surface area contributed by atoms with Crippen molar-refractivity contribution in [2.45, 2.75) is 37.9 Å². The first-order valence-electron chi connectivity index (χ1n) is 5.56. The summed E-state index contributed by atoms with van der Waals surface area (Å²) >= 11 is 0. The molecule has 0 aromatic carbocycles. The molecule has 0 bridgehead atoms. The summed E-state index contributed by atoms with van der Waals surface area (Å²) in [6.07, 6.45) is 2.41. The van der Waals surface area contributed by atoms with Gasteiger partial charge in [-0.2, -0.15) is 5.10 Å². The fourth-order valence-electron chi connectivity index (χ4n) is 1.76. The normalized spacial score (nSPS) is 22.6. The van der Waals surface area contributed by atoms with E-state index in [0.29, 0.717) is 12.1 Å². The maximum atomic E-state index is 12.1. The van der Waals surface area contributed by atoms with Gasteiger partial charge in [0.05, 0.1) is 6.20 Å². The fourth-order valence-corrected chi connectivity index (χ4v) is 3.30. The molecule has 0 amide bonds. The molecule has 0 radical (unpaired) electrons. The lowest BCUT2D eigenvalue weighted by molar-refractivity contribution is 0.550. The molecule has 1 aliphatic rings. The van der Waals surface area contributed by atoms with Gasteiger partial charge < -0.3 is 5.32 Å². The van der Waals surface area contributed by atoms with Crippen molar-refractivity contribution in [2.24, 2.45) is 5.41 Å². The van der Waals surface area contributed by atoms with Crippen LogP contribution in [-0.2, 0) is 16.6 Å². The lowest BCUT2D eigenvalue weighted by Crippen LogP contribution is -2.29. The smallest absolute Gasteiger partial charge is 0.258 e. The van der Waals surface area contributed by atoms with Crippen molar-refractivity contribution in [2.75, 3.05) is 7.05 Å². The minimum Gasteiger partial charge on any atom is -0.316 e. The Balaban J connectivity index is 2.17. The van der Waals surface area contributed by atoms with Gasteiger partial charge in [-0.05, 0) is 18.9 Å². The van der Waals surface area contributed by atoms with Crippen molar-refractivity contribution < 1.29 is 8.42 Å². The van der Waals surface area contributed by atoms with Crippen molar-refractivity contribution in [1.82, 2.24) is 20.2 Å². The summed E-state index contributed by atoms with van der Waals surface area (Å²) in [6.45, 7) is 4.56. The van der Waals surface area contributed by atoms with Gasteiger partial charge >= 0.3 is 0 Å². The summed E-state index contributed by atoms with van der Waals surface area (Å²) in [6, 6.07) is 0.0261. The minimum atomic E-state index is -3.49. The highest BCUT2D eigenvalue weighted by molar-refractivity contribution is 7.89. The van der Waals surface area contributed by atoms with Crippen molar-refractivity contribution in [3.8, 4) is 0 Å². The zero-order valence-electron chi connectivity index (χ0n) is 10.2. The van der Waals surface area contributed by atoms with E-state index in [2.05, 4.69) is 20.2 Å². The van der Waals surface area contributed by atoms with Crippen LogP contribution in [0.1, 0.15) is 25.8 Å². The van der Waals surface area contributed by atoms with Gasteiger partial charge in [0.15, 0.2) is 5.03 Å². The molecule has 17 heavy (non-hydrogen) atoms. The zero-order chi connectivity index (χ0) is 12.7. The number of rotatable bonds is 5. The topological polar surface area (TPSA) is 86.9 Å². The second-order valence-electron chi connectivity index (χ2n) is 5.12. The van der Waals surface area contributed by atoms with Gasteiger partial charge in [0.25, 0.3) is 10.0 Å². The van der Waals surface area contributed by atoms with E-state index in [9.17, 15) is 8.42 Å². The molecule has 0 aliphatic heterocycles. The van der Waals surface area contributed by atoms with E-state index < -0.39 is 10.0 Å².